The number of nitrogens with zero attached hydrogens (tertiary/aromatic N) is 1. The highest BCUT2D eigenvalue weighted by molar-refractivity contribution is 9.11. The lowest BCUT2D eigenvalue weighted by Crippen LogP contribution is -2.34. The molecule has 3 nitrogen and oxygen atoms in total. The Morgan fingerprint density at radius 1 is 1.32 bits per heavy atom. The third-order valence-corrected chi connectivity index (χ3v) is 4.47. The highest BCUT2D eigenvalue weighted by Crippen LogP contribution is 2.26. The van der Waals surface area contributed by atoms with Crippen LogP contribution in [0.25, 0.3) is 0 Å². The summed E-state index contributed by atoms with van der Waals surface area (Å²) in [6.07, 6.45) is 0. The maximum absolute atomic E-state index is 11.7. The van der Waals surface area contributed by atoms with Crippen molar-refractivity contribution in [2.24, 2.45) is 5.73 Å². The monoisotopic (exact) mass is 338 g/mol. The van der Waals surface area contributed by atoms with Crippen molar-refractivity contribution in [3.05, 3.63) is 56.7 Å². The molecule has 0 aliphatic heterocycles. The molecule has 2 rings (SSSR count). The van der Waals surface area contributed by atoms with Gasteiger partial charge < -0.3 is 5.73 Å². The molecule has 2 aromatic rings. The highest BCUT2D eigenvalue weighted by atomic mass is 79.9. The Bertz CT molecular complexity index is 556. The fourth-order valence-corrected chi connectivity index (χ4v) is 3.59. The van der Waals surface area contributed by atoms with Crippen molar-refractivity contribution in [3.63, 3.8) is 0 Å². The normalized spacial score (nSPS) is 12.6. The molecule has 1 unspecified atom stereocenters. The van der Waals surface area contributed by atoms with Gasteiger partial charge in [0.2, 0.25) is 5.91 Å². The Hall–Kier alpha value is -1.17. The second-order valence-corrected chi connectivity index (χ2v) is 6.88. The highest BCUT2D eigenvalue weighted by Gasteiger charge is 2.22. The summed E-state index contributed by atoms with van der Waals surface area (Å²) in [5, 5.41) is 0. The first-order chi connectivity index (χ1) is 9.08. The van der Waals surface area contributed by atoms with Gasteiger partial charge in [-0.05, 0) is 40.7 Å². The van der Waals surface area contributed by atoms with Crippen LogP contribution in [0.1, 0.15) is 16.5 Å². The van der Waals surface area contributed by atoms with E-state index in [1.165, 1.54) is 4.88 Å². The molecular weight excluding hydrogens is 324 g/mol. The summed E-state index contributed by atoms with van der Waals surface area (Å²) in [5.74, 6) is -0.329. The van der Waals surface area contributed by atoms with Crippen LogP contribution in [0.5, 0.6) is 0 Å². The summed E-state index contributed by atoms with van der Waals surface area (Å²) in [4.78, 5) is 14.9. The van der Waals surface area contributed by atoms with Crippen LogP contribution < -0.4 is 5.73 Å². The molecule has 0 fully saturated rings. The minimum Gasteiger partial charge on any atom is -0.368 e. The van der Waals surface area contributed by atoms with Crippen molar-refractivity contribution in [1.29, 1.82) is 0 Å². The quantitative estimate of drug-likeness (QED) is 0.910. The molecular formula is C14H15BrN2OS. The van der Waals surface area contributed by atoms with Crippen molar-refractivity contribution < 1.29 is 4.79 Å². The average Bonchev–Trinajstić information content (AvgIpc) is 2.75. The van der Waals surface area contributed by atoms with Gasteiger partial charge in [-0.25, -0.2) is 0 Å². The number of hydrogen-bond acceptors (Lipinski definition) is 3. The van der Waals surface area contributed by atoms with Gasteiger partial charge in [0.15, 0.2) is 0 Å². The molecule has 0 spiro atoms. The van der Waals surface area contributed by atoms with Crippen molar-refractivity contribution >= 4 is 33.2 Å². The van der Waals surface area contributed by atoms with Gasteiger partial charge in [0.25, 0.3) is 0 Å². The van der Waals surface area contributed by atoms with E-state index < -0.39 is 6.04 Å². The van der Waals surface area contributed by atoms with Crippen LogP contribution in [-0.2, 0) is 11.3 Å². The number of likely N-dealkylation sites (N-methyl/N-ethyl adjacent to an activating group) is 1. The predicted molar refractivity (Wildman–Crippen MR) is 81.9 cm³/mol. The number of hydrogen-bond donors (Lipinski definition) is 1. The number of thiophene rings is 1. The number of halogens is 1. The molecule has 5 heteroatoms. The minimum absolute atomic E-state index is 0.329. The number of amides is 1. The number of rotatable bonds is 5. The molecule has 2 N–H and O–H groups in total. The van der Waals surface area contributed by atoms with E-state index in [1.807, 2.05) is 54.4 Å². The maximum atomic E-state index is 11.7. The average molecular weight is 339 g/mol. The lowest BCUT2D eigenvalue weighted by atomic mass is 10.1. The van der Waals surface area contributed by atoms with Gasteiger partial charge in [0.05, 0.1) is 3.79 Å². The Labute approximate surface area is 125 Å². The van der Waals surface area contributed by atoms with E-state index in [1.54, 1.807) is 11.3 Å². The van der Waals surface area contributed by atoms with E-state index in [-0.39, 0.29) is 5.91 Å². The third-order valence-electron chi connectivity index (χ3n) is 2.86. The first-order valence-corrected chi connectivity index (χ1v) is 7.47. The topological polar surface area (TPSA) is 46.3 Å². The van der Waals surface area contributed by atoms with E-state index in [0.717, 1.165) is 9.35 Å². The molecule has 0 aliphatic rings. The maximum Gasteiger partial charge on any atom is 0.239 e. The Balaban J connectivity index is 2.18. The summed E-state index contributed by atoms with van der Waals surface area (Å²) in [6, 6.07) is 13.3. The van der Waals surface area contributed by atoms with Crippen LogP contribution in [-0.4, -0.2) is 17.9 Å². The van der Waals surface area contributed by atoms with Crippen molar-refractivity contribution in [1.82, 2.24) is 4.90 Å². The van der Waals surface area contributed by atoms with Crippen molar-refractivity contribution in [2.75, 3.05) is 7.05 Å². The fraction of sp³-hybridized carbons (Fsp3) is 0.214. The third kappa shape index (κ3) is 3.65. The largest absolute Gasteiger partial charge is 0.368 e. The summed E-state index contributed by atoms with van der Waals surface area (Å²) in [5.41, 5.74) is 6.47. The first kappa shape index (κ1) is 14.2. The van der Waals surface area contributed by atoms with Gasteiger partial charge in [-0.15, -0.1) is 11.3 Å². The predicted octanol–water partition coefficient (Wildman–Crippen LogP) is 3.17. The summed E-state index contributed by atoms with van der Waals surface area (Å²) in [6.45, 7) is 0.693. The van der Waals surface area contributed by atoms with Gasteiger partial charge in [-0.1, -0.05) is 30.3 Å². The van der Waals surface area contributed by atoms with Crippen molar-refractivity contribution in [2.45, 2.75) is 12.6 Å². The lowest BCUT2D eigenvalue weighted by Gasteiger charge is -2.25. The van der Waals surface area contributed by atoms with Crippen LogP contribution >= 0.6 is 27.3 Å². The van der Waals surface area contributed by atoms with Gasteiger partial charge in [0.1, 0.15) is 6.04 Å². The molecule has 0 saturated heterocycles. The molecule has 0 bridgehead atoms. The van der Waals surface area contributed by atoms with Gasteiger partial charge in [-0.2, -0.15) is 0 Å². The number of primary amides is 1. The molecule has 19 heavy (non-hydrogen) atoms. The fourth-order valence-electron chi connectivity index (χ4n) is 2.05. The molecule has 0 saturated carbocycles. The van der Waals surface area contributed by atoms with Crippen molar-refractivity contribution in [3.8, 4) is 0 Å². The number of nitrogens with two attached hydrogens (primary N) is 1. The molecule has 100 valence electrons. The molecule has 0 radical (unpaired) electrons. The molecule has 1 heterocycles. The molecule has 1 atom stereocenters. The summed E-state index contributed by atoms with van der Waals surface area (Å²) in [7, 11) is 1.91. The zero-order valence-corrected chi connectivity index (χ0v) is 12.9. The van der Waals surface area contributed by atoms with Crippen LogP contribution in [0.15, 0.2) is 46.3 Å². The summed E-state index contributed by atoms with van der Waals surface area (Å²) >= 11 is 5.10. The second-order valence-electron chi connectivity index (χ2n) is 4.34. The number of carbonyl (C=O) groups is 1. The standard InChI is InChI=1S/C14H15BrN2OS/c1-17(9-11-7-8-12(15)19-11)13(14(16)18)10-5-3-2-4-6-10/h2-8,13H,9H2,1H3,(H2,16,18). The molecule has 0 aliphatic carbocycles. The smallest absolute Gasteiger partial charge is 0.239 e. The molecule has 1 aromatic carbocycles. The van der Waals surface area contributed by atoms with E-state index in [4.69, 9.17) is 5.73 Å². The molecule has 1 aromatic heterocycles. The van der Waals surface area contributed by atoms with Gasteiger partial charge >= 0.3 is 0 Å². The molecule has 1 amide bonds. The number of benzene rings is 1. The summed E-state index contributed by atoms with van der Waals surface area (Å²) < 4.78 is 1.09. The minimum atomic E-state index is -0.401. The Morgan fingerprint density at radius 2 is 2.00 bits per heavy atom. The van der Waals surface area contributed by atoms with E-state index in [2.05, 4.69) is 15.9 Å². The van der Waals surface area contributed by atoms with E-state index in [9.17, 15) is 4.79 Å². The SMILES string of the molecule is CN(Cc1ccc(Br)s1)C(C(N)=O)c1ccccc1. The van der Waals surface area contributed by atoms with Crippen LogP contribution in [0.2, 0.25) is 0 Å². The van der Waals surface area contributed by atoms with E-state index >= 15 is 0 Å². The zero-order valence-electron chi connectivity index (χ0n) is 10.5. The first-order valence-electron chi connectivity index (χ1n) is 5.86. The lowest BCUT2D eigenvalue weighted by molar-refractivity contribution is -0.123. The Morgan fingerprint density at radius 3 is 2.53 bits per heavy atom. The van der Waals surface area contributed by atoms with Crippen LogP contribution in [0.3, 0.4) is 0 Å². The number of carbonyl (C=O) groups excluding carboxylic acids is 1. The van der Waals surface area contributed by atoms with Gasteiger partial charge in [0, 0.05) is 11.4 Å². The Kier molecular flexibility index (Phi) is 4.74. The van der Waals surface area contributed by atoms with Crippen LogP contribution in [0.4, 0.5) is 0 Å². The second kappa shape index (κ2) is 6.32. The zero-order chi connectivity index (χ0) is 13.8. The van der Waals surface area contributed by atoms with Crippen LogP contribution in [0, 0.1) is 0 Å². The van der Waals surface area contributed by atoms with Gasteiger partial charge in [-0.3, -0.25) is 9.69 Å². The van der Waals surface area contributed by atoms with E-state index in [0.29, 0.717) is 6.54 Å².